The van der Waals surface area contributed by atoms with Crippen LogP contribution in [0.1, 0.15) is 5.69 Å². The van der Waals surface area contributed by atoms with Crippen LogP contribution < -0.4 is 4.74 Å². The van der Waals surface area contributed by atoms with Gasteiger partial charge in [-0.25, -0.2) is 14.8 Å². The van der Waals surface area contributed by atoms with Gasteiger partial charge in [-0.1, -0.05) is 0 Å². The van der Waals surface area contributed by atoms with Crippen molar-refractivity contribution < 1.29 is 14.6 Å². The number of rotatable bonds is 4. The molecule has 2 aromatic heterocycles. The van der Waals surface area contributed by atoms with Gasteiger partial charge in [0, 0.05) is 24.2 Å². The van der Waals surface area contributed by atoms with E-state index < -0.39 is 12.6 Å². The Bertz CT molecular complexity index is 559. The van der Waals surface area contributed by atoms with Crippen LogP contribution in [0.4, 0.5) is 0 Å². The van der Waals surface area contributed by atoms with Crippen molar-refractivity contribution in [2.45, 2.75) is 6.92 Å². The summed E-state index contributed by atoms with van der Waals surface area (Å²) >= 11 is 0. The van der Waals surface area contributed by atoms with Crippen molar-refractivity contribution in [3.05, 3.63) is 30.4 Å². The van der Waals surface area contributed by atoms with Gasteiger partial charge in [0.25, 0.3) is 0 Å². The molecule has 0 saturated heterocycles. The number of carboxylic acid groups (broad SMARTS) is 1. The molecule has 0 radical (unpaired) electrons. The van der Waals surface area contributed by atoms with Crippen molar-refractivity contribution in [2.24, 2.45) is 0 Å². The van der Waals surface area contributed by atoms with Gasteiger partial charge in [-0.15, -0.1) is 0 Å². The van der Waals surface area contributed by atoms with Crippen molar-refractivity contribution in [3.8, 4) is 17.4 Å². The molecule has 1 N–H and O–H groups in total. The number of ether oxygens (including phenoxy) is 1. The molecule has 0 unspecified atom stereocenters. The quantitative estimate of drug-likeness (QED) is 0.847. The van der Waals surface area contributed by atoms with Crippen LogP contribution in [0.3, 0.4) is 0 Å². The highest BCUT2D eigenvalue weighted by molar-refractivity contribution is 5.68. The molecule has 0 aromatic carbocycles. The van der Waals surface area contributed by atoms with Gasteiger partial charge < -0.3 is 9.84 Å². The van der Waals surface area contributed by atoms with Gasteiger partial charge in [-0.2, -0.15) is 4.98 Å². The summed E-state index contributed by atoms with van der Waals surface area (Å²) in [5.41, 5.74) is 1.16. The van der Waals surface area contributed by atoms with Gasteiger partial charge in [0.15, 0.2) is 12.4 Å². The molecule has 0 aliphatic carbocycles. The van der Waals surface area contributed by atoms with Gasteiger partial charge in [0.1, 0.15) is 5.69 Å². The molecule has 0 spiro atoms. The van der Waals surface area contributed by atoms with E-state index >= 15 is 0 Å². The maximum atomic E-state index is 10.4. The fourth-order valence-corrected chi connectivity index (χ4v) is 1.28. The molecule has 7 heteroatoms. The Hall–Kier alpha value is -2.57. The number of aliphatic carboxylic acids is 1. The number of aromatic nitrogens is 4. The third-order valence-corrected chi connectivity index (χ3v) is 1.97. The highest BCUT2D eigenvalue weighted by atomic mass is 16.5. The molecule has 0 saturated carbocycles. The minimum absolute atomic E-state index is 0.200. The van der Waals surface area contributed by atoms with Gasteiger partial charge in [-0.05, 0) is 6.92 Å². The minimum atomic E-state index is -1.06. The Labute approximate surface area is 103 Å². The molecule has 0 aliphatic heterocycles. The Balaban J connectivity index is 2.29. The topological polar surface area (TPSA) is 98.1 Å². The Morgan fingerprint density at radius 2 is 2.22 bits per heavy atom. The second-order valence-corrected chi connectivity index (χ2v) is 3.44. The molecule has 92 valence electrons. The molecular weight excluding hydrogens is 236 g/mol. The molecule has 0 fully saturated rings. The normalized spacial score (nSPS) is 10.1. The first-order valence-electron chi connectivity index (χ1n) is 5.12. The molecule has 7 nitrogen and oxygen atoms in total. The molecule has 2 heterocycles. The van der Waals surface area contributed by atoms with Gasteiger partial charge >= 0.3 is 5.97 Å². The molecule has 0 bridgehead atoms. The zero-order chi connectivity index (χ0) is 13.0. The van der Waals surface area contributed by atoms with Gasteiger partial charge in [-0.3, -0.25) is 4.98 Å². The molecule has 2 aromatic rings. The van der Waals surface area contributed by atoms with Crippen molar-refractivity contribution in [2.75, 3.05) is 6.61 Å². The van der Waals surface area contributed by atoms with Crippen LogP contribution in [-0.4, -0.2) is 37.6 Å². The third-order valence-electron chi connectivity index (χ3n) is 1.97. The van der Waals surface area contributed by atoms with Crippen molar-refractivity contribution in [3.63, 3.8) is 0 Å². The summed E-state index contributed by atoms with van der Waals surface area (Å²) in [6, 6.07) is 1.56. The lowest BCUT2D eigenvalue weighted by Crippen LogP contribution is -2.11. The smallest absolute Gasteiger partial charge is 0.341 e. The van der Waals surface area contributed by atoms with E-state index in [-0.39, 0.29) is 5.88 Å². The second kappa shape index (κ2) is 5.17. The lowest BCUT2D eigenvalue weighted by atomic mass is 10.3. The average molecular weight is 246 g/mol. The summed E-state index contributed by atoms with van der Waals surface area (Å²) in [5, 5.41) is 8.54. The number of aryl methyl sites for hydroxylation is 1. The number of nitrogens with zero attached hydrogens (tertiary/aromatic N) is 4. The first kappa shape index (κ1) is 11.9. The highest BCUT2D eigenvalue weighted by Gasteiger charge is 2.08. The lowest BCUT2D eigenvalue weighted by Gasteiger charge is -2.05. The summed E-state index contributed by atoms with van der Waals surface area (Å²) < 4.78 is 5.01. The van der Waals surface area contributed by atoms with Crippen molar-refractivity contribution >= 4 is 5.97 Å². The first-order valence-corrected chi connectivity index (χ1v) is 5.12. The van der Waals surface area contributed by atoms with E-state index in [0.29, 0.717) is 17.2 Å². The number of carbonyl (C=O) groups is 1. The standard InChI is InChI=1S/C11H10N4O3/c1-7-4-9(18-6-10(16)17)15-11(14-7)8-5-12-2-3-13-8/h2-5H,6H2,1H3,(H,16,17). The van der Waals surface area contributed by atoms with Crippen LogP contribution in [0.25, 0.3) is 11.5 Å². The Kier molecular flexibility index (Phi) is 3.42. The van der Waals surface area contributed by atoms with E-state index in [1.165, 1.54) is 12.4 Å². The van der Waals surface area contributed by atoms with Crippen LogP contribution in [0.2, 0.25) is 0 Å². The van der Waals surface area contributed by atoms with E-state index in [0.717, 1.165) is 0 Å². The highest BCUT2D eigenvalue weighted by Crippen LogP contribution is 2.15. The summed E-state index contributed by atoms with van der Waals surface area (Å²) in [4.78, 5) is 26.7. The SMILES string of the molecule is Cc1cc(OCC(=O)O)nc(-c2cnccn2)n1. The van der Waals surface area contributed by atoms with E-state index in [1.54, 1.807) is 19.2 Å². The average Bonchev–Trinajstić information content (AvgIpc) is 2.37. The minimum Gasteiger partial charge on any atom is -0.479 e. The molecular formula is C11H10N4O3. The fourth-order valence-electron chi connectivity index (χ4n) is 1.28. The van der Waals surface area contributed by atoms with E-state index in [1.807, 2.05) is 0 Å². The molecule has 0 amide bonds. The van der Waals surface area contributed by atoms with Crippen LogP contribution in [-0.2, 0) is 4.79 Å². The largest absolute Gasteiger partial charge is 0.479 e. The van der Waals surface area contributed by atoms with Crippen molar-refractivity contribution in [1.82, 2.24) is 19.9 Å². The third kappa shape index (κ3) is 2.97. The number of hydrogen-bond donors (Lipinski definition) is 1. The van der Waals surface area contributed by atoms with E-state index in [2.05, 4.69) is 19.9 Å². The van der Waals surface area contributed by atoms with Crippen LogP contribution >= 0.6 is 0 Å². The summed E-state index contributed by atoms with van der Waals surface area (Å²) in [5.74, 6) is -0.513. The van der Waals surface area contributed by atoms with E-state index in [4.69, 9.17) is 9.84 Å². The molecule has 2 rings (SSSR count). The van der Waals surface area contributed by atoms with Crippen molar-refractivity contribution in [1.29, 1.82) is 0 Å². The van der Waals surface area contributed by atoms with Crippen LogP contribution in [0.5, 0.6) is 5.88 Å². The number of hydrogen-bond acceptors (Lipinski definition) is 6. The zero-order valence-corrected chi connectivity index (χ0v) is 9.57. The van der Waals surface area contributed by atoms with Crippen LogP contribution in [0.15, 0.2) is 24.7 Å². The Morgan fingerprint density at radius 1 is 1.39 bits per heavy atom. The van der Waals surface area contributed by atoms with E-state index in [9.17, 15) is 4.79 Å². The number of carboxylic acids is 1. The summed E-state index contributed by atoms with van der Waals surface area (Å²) in [6.07, 6.45) is 4.59. The van der Waals surface area contributed by atoms with Crippen LogP contribution in [0, 0.1) is 6.92 Å². The predicted octanol–water partition coefficient (Wildman–Crippen LogP) is 0.705. The maximum absolute atomic E-state index is 10.4. The maximum Gasteiger partial charge on any atom is 0.341 e. The fraction of sp³-hybridized carbons (Fsp3) is 0.182. The molecule has 0 aliphatic rings. The Morgan fingerprint density at radius 3 is 2.89 bits per heavy atom. The van der Waals surface area contributed by atoms with Gasteiger partial charge in [0.2, 0.25) is 5.88 Å². The summed E-state index contributed by atoms with van der Waals surface area (Å²) in [6.45, 7) is 1.31. The first-order chi connectivity index (χ1) is 8.65. The molecule has 0 atom stereocenters. The molecule has 18 heavy (non-hydrogen) atoms. The zero-order valence-electron chi connectivity index (χ0n) is 9.57. The summed E-state index contributed by atoms with van der Waals surface area (Å²) in [7, 11) is 0. The van der Waals surface area contributed by atoms with Gasteiger partial charge in [0.05, 0.1) is 6.20 Å². The lowest BCUT2D eigenvalue weighted by molar-refractivity contribution is -0.139. The second-order valence-electron chi connectivity index (χ2n) is 3.44. The monoisotopic (exact) mass is 246 g/mol. The predicted molar refractivity (Wildman–Crippen MR) is 60.9 cm³/mol.